The molecule has 1 rings (SSSR count). The zero-order valence-corrected chi connectivity index (χ0v) is 13.0. The maximum Gasteiger partial charge on any atom is 0.251 e. The number of nitrogens with one attached hydrogen (secondary N) is 1. The summed E-state index contributed by atoms with van der Waals surface area (Å²) in [7, 11) is -3.38. The van der Waals surface area contributed by atoms with Crippen LogP contribution in [-0.4, -0.2) is 27.7 Å². The Morgan fingerprint density at radius 1 is 1.53 bits per heavy atom. The molecular weight excluding hydrogens is 326 g/mol. The van der Waals surface area contributed by atoms with Gasteiger partial charge in [-0.2, -0.15) is 0 Å². The van der Waals surface area contributed by atoms with Crippen LogP contribution >= 0.6 is 27.3 Å². The molecule has 98 valence electrons. The quantitative estimate of drug-likeness (QED) is 0.775. The molecule has 1 heterocycles. The van der Waals surface area contributed by atoms with Crippen molar-refractivity contribution >= 4 is 37.3 Å². The summed E-state index contributed by atoms with van der Waals surface area (Å²) < 4.78 is 32.5. The highest BCUT2D eigenvalue weighted by atomic mass is 79.9. The van der Waals surface area contributed by atoms with E-state index in [9.17, 15) is 8.42 Å². The zero-order valence-electron chi connectivity index (χ0n) is 9.77. The van der Waals surface area contributed by atoms with Crippen LogP contribution < -0.4 is 4.72 Å². The second-order valence-corrected chi connectivity index (χ2v) is 7.46. The van der Waals surface area contributed by atoms with Crippen LogP contribution in [0.1, 0.15) is 20.3 Å². The van der Waals surface area contributed by atoms with Gasteiger partial charge in [0.1, 0.15) is 4.21 Å². The number of hydrogen-bond donors (Lipinski definition) is 1. The molecule has 0 spiro atoms. The van der Waals surface area contributed by atoms with Crippen LogP contribution in [0.15, 0.2) is 20.1 Å². The Hall–Kier alpha value is 0.0500. The van der Waals surface area contributed by atoms with Gasteiger partial charge in [0.2, 0.25) is 0 Å². The molecular formula is C10H16BrNO3S2. The lowest BCUT2D eigenvalue weighted by molar-refractivity contribution is 0.0778. The molecule has 4 nitrogen and oxygen atoms in total. The lowest BCUT2D eigenvalue weighted by Gasteiger charge is -2.08. The van der Waals surface area contributed by atoms with E-state index in [4.69, 9.17) is 4.74 Å². The summed E-state index contributed by atoms with van der Waals surface area (Å²) in [6, 6.07) is 1.72. The van der Waals surface area contributed by atoms with Gasteiger partial charge in [-0.1, -0.05) is 0 Å². The predicted molar refractivity (Wildman–Crippen MR) is 72.9 cm³/mol. The second-order valence-electron chi connectivity index (χ2n) is 3.73. The van der Waals surface area contributed by atoms with E-state index in [1.165, 1.54) is 11.3 Å². The third-order valence-corrected chi connectivity index (χ3v) is 6.02. The van der Waals surface area contributed by atoms with E-state index in [1.807, 2.05) is 13.8 Å². The smallest absolute Gasteiger partial charge is 0.251 e. The molecule has 0 aliphatic heterocycles. The van der Waals surface area contributed by atoms with E-state index in [0.717, 1.165) is 0 Å². The van der Waals surface area contributed by atoms with Crippen LogP contribution in [0, 0.1) is 0 Å². The van der Waals surface area contributed by atoms with Gasteiger partial charge in [-0.15, -0.1) is 11.3 Å². The second kappa shape index (κ2) is 6.84. The van der Waals surface area contributed by atoms with E-state index in [-0.39, 0.29) is 6.10 Å². The van der Waals surface area contributed by atoms with E-state index in [2.05, 4.69) is 20.7 Å². The average molecular weight is 342 g/mol. The Balaban J connectivity index is 2.39. The normalized spacial score (nSPS) is 12.2. The first-order valence-electron chi connectivity index (χ1n) is 5.28. The Bertz CT molecular complexity index is 442. The van der Waals surface area contributed by atoms with Crippen molar-refractivity contribution in [3.05, 3.63) is 15.9 Å². The van der Waals surface area contributed by atoms with Crippen LogP contribution in [0.4, 0.5) is 0 Å². The molecule has 1 aromatic rings. The third-order valence-electron chi connectivity index (χ3n) is 1.89. The zero-order chi connectivity index (χ0) is 12.9. The van der Waals surface area contributed by atoms with Crippen LogP contribution in [0.25, 0.3) is 0 Å². The van der Waals surface area contributed by atoms with Gasteiger partial charge < -0.3 is 4.74 Å². The highest BCUT2D eigenvalue weighted by Crippen LogP contribution is 2.27. The Kier molecular flexibility index (Phi) is 6.08. The molecule has 0 saturated carbocycles. The van der Waals surface area contributed by atoms with Gasteiger partial charge in [0.15, 0.2) is 0 Å². The maximum atomic E-state index is 11.8. The monoisotopic (exact) mass is 341 g/mol. The molecule has 0 unspecified atom stereocenters. The summed E-state index contributed by atoms with van der Waals surface area (Å²) in [4.78, 5) is 0. The van der Waals surface area contributed by atoms with Crippen molar-refractivity contribution in [2.75, 3.05) is 13.2 Å². The minimum absolute atomic E-state index is 0.179. The topological polar surface area (TPSA) is 55.4 Å². The van der Waals surface area contributed by atoms with Gasteiger partial charge in [-0.25, -0.2) is 13.1 Å². The Morgan fingerprint density at radius 3 is 2.76 bits per heavy atom. The van der Waals surface area contributed by atoms with Gasteiger partial charge in [-0.3, -0.25) is 0 Å². The Morgan fingerprint density at radius 2 is 2.24 bits per heavy atom. The van der Waals surface area contributed by atoms with Crippen LogP contribution in [0.5, 0.6) is 0 Å². The van der Waals surface area contributed by atoms with E-state index in [0.29, 0.717) is 28.3 Å². The SMILES string of the molecule is CC(C)OCCCNS(=O)(=O)c1sccc1Br. The van der Waals surface area contributed by atoms with Crippen LogP contribution in [0.2, 0.25) is 0 Å². The number of rotatable bonds is 7. The molecule has 0 aromatic carbocycles. The fraction of sp³-hybridized carbons (Fsp3) is 0.600. The summed E-state index contributed by atoms with van der Waals surface area (Å²) in [5.41, 5.74) is 0. The van der Waals surface area contributed by atoms with Gasteiger partial charge >= 0.3 is 0 Å². The molecule has 0 amide bonds. The lowest BCUT2D eigenvalue weighted by atomic mass is 10.4. The van der Waals surface area contributed by atoms with Crippen LogP contribution in [-0.2, 0) is 14.8 Å². The van der Waals surface area contributed by atoms with Gasteiger partial charge in [0.05, 0.1) is 6.10 Å². The standard InChI is InChI=1S/C10H16BrNO3S2/c1-8(2)15-6-3-5-12-17(13,14)10-9(11)4-7-16-10/h4,7-8,12H,3,5-6H2,1-2H3. The van der Waals surface area contributed by atoms with Crippen molar-refractivity contribution in [1.29, 1.82) is 0 Å². The summed E-state index contributed by atoms with van der Waals surface area (Å²) in [6.45, 7) is 4.85. The molecule has 0 atom stereocenters. The Labute approximate surface area is 115 Å². The molecule has 0 aliphatic rings. The molecule has 0 fully saturated rings. The number of halogens is 1. The molecule has 1 aromatic heterocycles. The fourth-order valence-electron chi connectivity index (χ4n) is 1.13. The molecule has 0 aliphatic carbocycles. The van der Waals surface area contributed by atoms with E-state index in [1.54, 1.807) is 11.4 Å². The maximum absolute atomic E-state index is 11.8. The van der Waals surface area contributed by atoms with E-state index >= 15 is 0 Å². The van der Waals surface area contributed by atoms with Gasteiger partial charge in [-0.05, 0) is 47.6 Å². The number of sulfonamides is 1. The highest BCUT2D eigenvalue weighted by molar-refractivity contribution is 9.10. The molecule has 17 heavy (non-hydrogen) atoms. The summed E-state index contributed by atoms with van der Waals surface area (Å²) in [6.07, 6.45) is 0.846. The minimum atomic E-state index is -3.38. The molecule has 0 radical (unpaired) electrons. The van der Waals surface area contributed by atoms with Gasteiger partial charge in [0.25, 0.3) is 10.0 Å². The van der Waals surface area contributed by atoms with Gasteiger partial charge in [0, 0.05) is 17.6 Å². The van der Waals surface area contributed by atoms with Crippen molar-refractivity contribution in [1.82, 2.24) is 4.72 Å². The lowest BCUT2D eigenvalue weighted by Crippen LogP contribution is -2.25. The molecule has 0 saturated heterocycles. The first-order chi connectivity index (χ1) is 7.93. The third kappa shape index (κ3) is 5.05. The molecule has 1 N–H and O–H groups in total. The highest BCUT2D eigenvalue weighted by Gasteiger charge is 2.18. The average Bonchev–Trinajstić information content (AvgIpc) is 2.64. The fourth-order valence-corrected chi connectivity index (χ4v) is 4.59. The summed E-state index contributed by atoms with van der Waals surface area (Å²) >= 11 is 4.41. The molecule has 7 heteroatoms. The summed E-state index contributed by atoms with van der Waals surface area (Å²) in [5.74, 6) is 0. The van der Waals surface area contributed by atoms with Crippen molar-refractivity contribution in [2.45, 2.75) is 30.6 Å². The van der Waals surface area contributed by atoms with Crippen molar-refractivity contribution < 1.29 is 13.2 Å². The van der Waals surface area contributed by atoms with Crippen molar-refractivity contribution in [3.8, 4) is 0 Å². The predicted octanol–water partition coefficient (Wildman–Crippen LogP) is 2.60. The number of hydrogen-bond acceptors (Lipinski definition) is 4. The summed E-state index contributed by atoms with van der Waals surface area (Å²) in [5, 5.41) is 1.74. The first kappa shape index (κ1) is 15.1. The van der Waals surface area contributed by atoms with Crippen molar-refractivity contribution in [3.63, 3.8) is 0 Å². The number of thiophene rings is 1. The number of ether oxygens (including phenoxy) is 1. The molecule has 0 bridgehead atoms. The first-order valence-corrected chi connectivity index (χ1v) is 8.43. The largest absolute Gasteiger partial charge is 0.379 e. The minimum Gasteiger partial charge on any atom is -0.379 e. The van der Waals surface area contributed by atoms with Crippen molar-refractivity contribution in [2.24, 2.45) is 0 Å². The van der Waals surface area contributed by atoms with Crippen LogP contribution in [0.3, 0.4) is 0 Å². The van der Waals surface area contributed by atoms with E-state index < -0.39 is 10.0 Å².